The topological polar surface area (TPSA) is 78.6 Å². The molecule has 0 heterocycles. The number of benzene rings is 1. The van der Waals surface area contributed by atoms with Gasteiger partial charge in [0.1, 0.15) is 0 Å². The highest BCUT2D eigenvalue weighted by molar-refractivity contribution is 5.77. The Morgan fingerprint density at radius 1 is 1.39 bits per heavy atom. The van der Waals surface area contributed by atoms with Crippen LogP contribution in [0.2, 0.25) is 0 Å². The average molecular weight is 251 g/mol. The summed E-state index contributed by atoms with van der Waals surface area (Å²) in [5.41, 5.74) is 4.19. The van der Waals surface area contributed by atoms with Gasteiger partial charge < -0.3 is 5.11 Å². The molecule has 18 heavy (non-hydrogen) atoms. The minimum absolute atomic E-state index is 0.200. The lowest BCUT2D eigenvalue weighted by Crippen LogP contribution is -2.31. The highest BCUT2D eigenvalue weighted by Crippen LogP contribution is 2.07. The van der Waals surface area contributed by atoms with Crippen LogP contribution in [0.25, 0.3) is 0 Å². The molecule has 0 spiro atoms. The zero-order valence-electron chi connectivity index (χ0n) is 10.9. The van der Waals surface area contributed by atoms with Crippen LogP contribution in [0.5, 0.6) is 0 Å². The summed E-state index contributed by atoms with van der Waals surface area (Å²) in [7, 11) is 1.96. The lowest BCUT2D eigenvalue weighted by atomic mass is 10.1. The molecule has 0 fully saturated rings. The number of carbonyl (C=O) groups excluding carboxylic acids is 1. The zero-order valence-corrected chi connectivity index (χ0v) is 10.9. The zero-order chi connectivity index (χ0) is 13.5. The van der Waals surface area contributed by atoms with Crippen molar-refractivity contribution >= 4 is 5.91 Å². The van der Waals surface area contributed by atoms with E-state index in [0.29, 0.717) is 13.0 Å². The number of hydrogen-bond donors (Lipinski definition) is 3. The number of amides is 1. The van der Waals surface area contributed by atoms with Gasteiger partial charge in [-0.25, -0.2) is 5.84 Å². The van der Waals surface area contributed by atoms with E-state index in [1.54, 1.807) is 6.92 Å². The Labute approximate surface area is 108 Å². The predicted molar refractivity (Wildman–Crippen MR) is 70.5 cm³/mol. The first kappa shape index (κ1) is 14.6. The maximum absolute atomic E-state index is 11.1. The van der Waals surface area contributed by atoms with Gasteiger partial charge in [0.15, 0.2) is 0 Å². The molecule has 0 aromatic heterocycles. The molecule has 5 nitrogen and oxygen atoms in total. The molecule has 0 aliphatic heterocycles. The standard InChI is InChI=1S/C13H21N3O2/c1-10(17)8-16(2)9-12-5-3-11(4-6-12)7-13(18)15-14/h3-6,10,17H,7-9,14H2,1-2H3,(H,15,18). The monoisotopic (exact) mass is 251 g/mol. The molecule has 0 aliphatic carbocycles. The number of carbonyl (C=O) groups is 1. The Morgan fingerprint density at radius 3 is 2.44 bits per heavy atom. The number of aliphatic hydroxyl groups is 1. The molecule has 0 bridgehead atoms. The lowest BCUT2D eigenvalue weighted by Gasteiger charge is -2.18. The van der Waals surface area contributed by atoms with E-state index in [-0.39, 0.29) is 12.0 Å². The van der Waals surface area contributed by atoms with Crippen LogP contribution in [0.1, 0.15) is 18.1 Å². The summed E-state index contributed by atoms with van der Waals surface area (Å²) in [6.07, 6.45) is -0.0390. The number of nitrogens with zero attached hydrogens (tertiary/aromatic N) is 1. The lowest BCUT2D eigenvalue weighted by molar-refractivity contribution is -0.120. The van der Waals surface area contributed by atoms with Gasteiger partial charge in [-0.05, 0) is 25.1 Å². The third-order valence-electron chi connectivity index (χ3n) is 2.58. The van der Waals surface area contributed by atoms with Gasteiger partial charge in [0.05, 0.1) is 12.5 Å². The minimum atomic E-state index is -0.331. The highest BCUT2D eigenvalue weighted by atomic mass is 16.3. The molecule has 1 unspecified atom stereocenters. The number of rotatable bonds is 6. The van der Waals surface area contributed by atoms with Crippen LogP contribution in [0.3, 0.4) is 0 Å². The second-order valence-electron chi connectivity index (χ2n) is 4.61. The molecule has 1 rings (SSSR count). The molecule has 1 amide bonds. The Bertz CT molecular complexity index is 376. The summed E-state index contributed by atoms with van der Waals surface area (Å²) < 4.78 is 0. The molecule has 0 saturated heterocycles. The summed E-state index contributed by atoms with van der Waals surface area (Å²) in [6.45, 7) is 3.18. The van der Waals surface area contributed by atoms with E-state index in [2.05, 4.69) is 5.43 Å². The van der Waals surface area contributed by atoms with Gasteiger partial charge in [0.2, 0.25) is 5.91 Å². The third kappa shape index (κ3) is 5.27. The van der Waals surface area contributed by atoms with Gasteiger partial charge >= 0.3 is 0 Å². The maximum atomic E-state index is 11.1. The fourth-order valence-corrected chi connectivity index (χ4v) is 1.83. The normalized spacial score (nSPS) is 12.5. The van der Waals surface area contributed by atoms with Gasteiger partial charge in [-0.15, -0.1) is 0 Å². The number of hydrazine groups is 1. The second-order valence-corrected chi connectivity index (χ2v) is 4.61. The summed E-state index contributed by atoms with van der Waals surface area (Å²) >= 11 is 0. The molecule has 1 aromatic rings. The van der Waals surface area contributed by atoms with Crippen molar-refractivity contribution in [3.05, 3.63) is 35.4 Å². The van der Waals surface area contributed by atoms with E-state index >= 15 is 0 Å². The number of likely N-dealkylation sites (N-methyl/N-ethyl adjacent to an activating group) is 1. The van der Waals surface area contributed by atoms with Crippen molar-refractivity contribution < 1.29 is 9.90 Å². The van der Waals surface area contributed by atoms with Crippen LogP contribution < -0.4 is 11.3 Å². The molecule has 0 aliphatic rings. The van der Waals surface area contributed by atoms with E-state index in [0.717, 1.165) is 17.7 Å². The Balaban J connectivity index is 2.52. The smallest absolute Gasteiger partial charge is 0.238 e. The molecule has 1 aromatic carbocycles. The summed E-state index contributed by atoms with van der Waals surface area (Å²) in [4.78, 5) is 13.1. The van der Waals surface area contributed by atoms with Crippen molar-refractivity contribution in [2.45, 2.75) is 26.0 Å². The van der Waals surface area contributed by atoms with Crippen LogP contribution in [0, 0.1) is 0 Å². The van der Waals surface area contributed by atoms with Gasteiger partial charge in [0, 0.05) is 13.1 Å². The maximum Gasteiger partial charge on any atom is 0.238 e. The number of aliphatic hydroxyl groups excluding tert-OH is 1. The Morgan fingerprint density at radius 2 is 1.94 bits per heavy atom. The van der Waals surface area contributed by atoms with E-state index in [4.69, 9.17) is 5.84 Å². The first-order valence-corrected chi connectivity index (χ1v) is 5.95. The predicted octanol–water partition coefficient (Wildman–Crippen LogP) is 0.0316. The molecule has 5 heteroatoms. The molecule has 100 valence electrons. The number of nitrogens with one attached hydrogen (secondary N) is 1. The van der Waals surface area contributed by atoms with Gasteiger partial charge in [-0.1, -0.05) is 24.3 Å². The quantitative estimate of drug-likeness (QED) is 0.379. The van der Waals surface area contributed by atoms with Gasteiger partial charge in [-0.3, -0.25) is 15.1 Å². The van der Waals surface area contributed by atoms with Crippen LogP contribution in [0.15, 0.2) is 24.3 Å². The van der Waals surface area contributed by atoms with Crippen LogP contribution in [0.4, 0.5) is 0 Å². The molecule has 4 N–H and O–H groups in total. The van der Waals surface area contributed by atoms with Gasteiger partial charge in [0.25, 0.3) is 0 Å². The van der Waals surface area contributed by atoms with Crippen LogP contribution in [-0.4, -0.2) is 35.6 Å². The van der Waals surface area contributed by atoms with Crippen molar-refractivity contribution in [2.24, 2.45) is 5.84 Å². The van der Waals surface area contributed by atoms with E-state index in [1.165, 1.54) is 0 Å². The molecule has 0 radical (unpaired) electrons. The van der Waals surface area contributed by atoms with Crippen molar-refractivity contribution in [2.75, 3.05) is 13.6 Å². The van der Waals surface area contributed by atoms with Crippen LogP contribution >= 0.6 is 0 Å². The SMILES string of the molecule is CC(O)CN(C)Cc1ccc(CC(=O)NN)cc1. The van der Waals surface area contributed by atoms with Crippen molar-refractivity contribution in [1.29, 1.82) is 0 Å². The van der Waals surface area contributed by atoms with Gasteiger partial charge in [-0.2, -0.15) is 0 Å². The van der Waals surface area contributed by atoms with Crippen molar-refractivity contribution in [3.8, 4) is 0 Å². The Hall–Kier alpha value is -1.43. The molecular formula is C13H21N3O2. The number of nitrogens with two attached hydrogens (primary N) is 1. The van der Waals surface area contributed by atoms with E-state index in [1.807, 2.05) is 36.2 Å². The molecule has 1 atom stereocenters. The van der Waals surface area contributed by atoms with Crippen molar-refractivity contribution in [3.63, 3.8) is 0 Å². The molecule has 0 saturated carbocycles. The van der Waals surface area contributed by atoms with E-state index in [9.17, 15) is 9.90 Å². The summed E-state index contributed by atoms with van der Waals surface area (Å²) in [5.74, 6) is 4.83. The van der Waals surface area contributed by atoms with E-state index < -0.39 is 0 Å². The first-order chi connectivity index (χ1) is 8.51. The highest BCUT2D eigenvalue weighted by Gasteiger charge is 2.05. The average Bonchev–Trinajstić information content (AvgIpc) is 2.30. The summed E-state index contributed by atoms with van der Waals surface area (Å²) in [5, 5.41) is 9.27. The molecular weight excluding hydrogens is 230 g/mol. The fraction of sp³-hybridized carbons (Fsp3) is 0.462. The van der Waals surface area contributed by atoms with Crippen LogP contribution in [-0.2, 0) is 17.8 Å². The second kappa shape index (κ2) is 7.10. The fourth-order valence-electron chi connectivity index (χ4n) is 1.83. The third-order valence-corrected chi connectivity index (χ3v) is 2.58. The Kier molecular flexibility index (Phi) is 5.77. The largest absolute Gasteiger partial charge is 0.392 e. The minimum Gasteiger partial charge on any atom is -0.392 e. The summed E-state index contributed by atoms with van der Waals surface area (Å²) in [6, 6.07) is 7.80. The van der Waals surface area contributed by atoms with Crippen molar-refractivity contribution in [1.82, 2.24) is 10.3 Å². The first-order valence-electron chi connectivity index (χ1n) is 5.95. The number of hydrogen-bond acceptors (Lipinski definition) is 4.